The highest BCUT2D eigenvalue weighted by Crippen LogP contribution is 2.76. The Kier molecular flexibility index (Phi) is 37.0. The van der Waals surface area contributed by atoms with Crippen molar-refractivity contribution in [3.63, 3.8) is 0 Å². The van der Waals surface area contributed by atoms with Crippen molar-refractivity contribution in [1.29, 1.82) is 0 Å². The molecule has 30 N–H and O–H groups in total. The molecule has 0 spiro atoms. The summed E-state index contributed by atoms with van der Waals surface area (Å²) in [6, 6.07) is 0. The first-order valence-corrected chi connectivity index (χ1v) is 45.4. The Labute approximate surface area is 783 Å². The van der Waals surface area contributed by atoms with Gasteiger partial charge in [0.05, 0.1) is 60.8 Å². The van der Waals surface area contributed by atoms with Crippen LogP contribution >= 0.6 is 0 Å². The van der Waals surface area contributed by atoms with Gasteiger partial charge in [-0.05, 0) is 145 Å². The van der Waals surface area contributed by atoms with Crippen LogP contribution in [0.1, 0.15) is 174 Å². The molecule has 5 aliphatic carbocycles. The molecule has 48 nitrogen and oxygen atoms in total. The third kappa shape index (κ3) is 22.1. The van der Waals surface area contributed by atoms with E-state index in [9.17, 15) is 162 Å². The first-order valence-electron chi connectivity index (χ1n) is 45.4. The molecule has 0 bridgehead atoms. The molecule has 4 saturated heterocycles. The van der Waals surface area contributed by atoms with E-state index in [1.807, 2.05) is 40.7 Å². The van der Waals surface area contributed by atoms with Crippen LogP contribution < -0.4 is 5.32 Å². The van der Waals surface area contributed by atoms with E-state index in [2.05, 4.69) is 5.32 Å². The molecule has 8 fully saturated rings. The van der Waals surface area contributed by atoms with Crippen molar-refractivity contribution in [2.45, 2.75) is 376 Å². The lowest BCUT2D eigenvalue weighted by atomic mass is 9.33. The molecule has 4 aliphatic heterocycles. The van der Waals surface area contributed by atoms with Crippen LogP contribution in [0.5, 0.6) is 0 Å². The maximum Gasteiger partial charge on any atom is 0.318 e. The van der Waals surface area contributed by atoms with Crippen LogP contribution in [0.15, 0.2) is 57.7 Å². The molecule has 1 amide bonds. The van der Waals surface area contributed by atoms with E-state index in [0.29, 0.717) is 11.9 Å². The van der Waals surface area contributed by atoms with Gasteiger partial charge < -0.3 is 225 Å². The van der Waals surface area contributed by atoms with Crippen molar-refractivity contribution in [1.82, 2.24) is 5.32 Å². The SMILES string of the molecule is CCC(O)C(O)C(O)C(O)OC1C(O)C(OC2C(C)OCC(OC(=O)[C@]34CCC(C)(C)CC3C3=CCC5[C@@]6(C)CC[C@H](OC7(OC(O)/C(O)=C(\O)C(O)CCO)COC(C(=O)NC(C)(CO)CO)C(O)C7OC(O)/C(O)=C(/O)C(C)O)[C@@](C)(C=O)C6CC[C@@]5(C)[C@]3(C)C[C@H]4O)(OC3OC(C)C(OC(O)/C(O)=C(\OC(O)/C(O)=C(/O)C(O)CCO)C(C)O)C(O)C3O)C2O)OC(C)C1OC(C)=O. The summed E-state index contributed by atoms with van der Waals surface area (Å²) < 4.78 is 84.8. The Balaban J connectivity index is 1.11. The maximum atomic E-state index is 16.8. The molecule has 4 heterocycles. The van der Waals surface area contributed by atoms with Crippen LogP contribution in [0, 0.1) is 50.2 Å². The number of fused-ring (bicyclic) bond motifs is 7. The Hall–Kier alpha value is -6.14. The molecular weight excluding hydrogens is 1820 g/mol. The Bertz CT molecular complexity index is 4220. The molecule has 4 saturated carbocycles. The second kappa shape index (κ2) is 44.4. The predicted octanol–water partition coefficient (Wildman–Crippen LogP) is -4.16. The molecule has 0 radical (unpaired) electrons. The Morgan fingerprint density at radius 1 is 0.588 bits per heavy atom. The van der Waals surface area contributed by atoms with E-state index in [-0.39, 0.29) is 64.2 Å². The first kappa shape index (κ1) is 113. The molecule has 33 unspecified atom stereocenters. The van der Waals surface area contributed by atoms with Gasteiger partial charge in [-0.2, -0.15) is 0 Å². The number of esters is 2. The number of carbonyl (C=O) groups excluding carboxylic acids is 4. The molecule has 782 valence electrons. The standard InChI is InChI=1S/C88H143NO47/c1-15-43(98)51(103)56(108)73(118)130-67-62(114)77(125-39(6)65(67)127-40(7)97)131-66-37(4)123-33-87(69(66)115,135-78-59(111)54(106)64(38(5)126-78)129-75(120)61(113)63(36(3)96)128-72(117)57(109)52(104)44(99)20-26-90)136-79(122)86-25-24-80(8,9)28-42(86)41-16-17-47-82(11)22-19-49(83(12,32-94)46(82)18-23-84(47,13)85(41,14)29-48(86)101)133-88(134-76(121)58(110)53(105)45(100)21-27-91)34-124-68(71(116)89-81(10,30-92)31-93)60(112)70(88)132-74(119)55(107)50(102)35(2)95/h16,32,35-39,42-49,51,54,56,59-60,62,64-70,72-78,90-93,95-96,98-115,117-121H,15,17-31,33-34H2,1-14H3,(H,89,116)/b55-50-,57-52-,58-53+,63-61+/t35?,36?,37?,38?,39?,42?,43?,44?,45?,46?,47?,48-,49+,51?,54?,56?,59?,60?,62?,64?,65?,66?,67?,68?,69?,70?,72?,73?,74?,75?,76?,77?,78?,82+,83+,84-,85-,86-,87?,88?/m1/s1. The zero-order valence-corrected chi connectivity index (χ0v) is 78.3. The number of nitrogens with one attached hydrogen (secondary N) is 1. The average molecular weight is 1970 g/mol. The fraction of sp³-hybridized carbons (Fsp3) is 0.841. The average Bonchev–Trinajstić information content (AvgIpc) is 0.667. The van der Waals surface area contributed by atoms with E-state index in [4.69, 9.17) is 66.3 Å². The lowest BCUT2D eigenvalue weighted by Crippen LogP contribution is -2.72. The van der Waals surface area contributed by atoms with Crippen molar-refractivity contribution in [3.8, 4) is 0 Å². The van der Waals surface area contributed by atoms with E-state index in [0.717, 1.165) is 27.7 Å². The van der Waals surface area contributed by atoms with E-state index >= 15 is 4.79 Å². The zero-order valence-electron chi connectivity index (χ0n) is 78.3. The molecule has 0 aromatic heterocycles. The monoisotopic (exact) mass is 1970 g/mol. The minimum atomic E-state index is -3.13. The van der Waals surface area contributed by atoms with E-state index in [1.165, 1.54) is 34.6 Å². The van der Waals surface area contributed by atoms with Gasteiger partial charge in [-0.1, -0.05) is 60.1 Å². The topological polar surface area (TPSA) is 796 Å². The molecule has 9 rings (SSSR count). The van der Waals surface area contributed by atoms with E-state index in [1.54, 1.807) is 0 Å². The minimum Gasteiger partial charge on any atom is -0.506 e. The third-order valence-electron chi connectivity index (χ3n) is 29.7. The first-order chi connectivity index (χ1) is 63.2. The number of aldehydes is 1. The molecule has 40 atom stereocenters. The number of carbonyl (C=O) groups is 4. The number of allylic oxidation sites excluding steroid dienone is 2. The number of rotatable bonds is 40. The van der Waals surface area contributed by atoms with Crippen LogP contribution in [-0.4, -0.2) is 413 Å². The summed E-state index contributed by atoms with van der Waals surface area (Å²) in [5, 5.41) is 325. The van der Waals surface area contributed by atoms with E-state index < -0.39 is 368 Å². The number of amides is 1. The van der Waals surface area contributed by atoms with Gasteiger partial charge in [0.1, 0.15) is 110 Å². The number of hydrogen-bond acceptors (Lipinski definition) is 47. The zero-order chi connectivity index (χ0) is 102. The van der Waals surface area contributed by atoms with Crippen LogP contribution in [0.3, 0.4) is 0 Å². The number of aliphatic hydroxyl groups excluding tert-OH is 29. The molecular formula is C88H143NO47. The summed E-state index contributed by atoms with van der Waals surface area (Å²) in [5.74, 6) is -23.3. The summed E-state index contributed by atoms with van der Waals surface area (Å²) in [5.41, 5.74) is -8.77. The highest BCUT2D eigenvalue weighted by atomic mass is 16.8. The molecule has 48 heteroatoms. The highest BCUT2D eigenvalue weighted by Gasteiger charge is 2.75. The summed E-state index contributed by atoms with van der Waals surface area (Å²) in [7, 11) is 0. The smallest absolute Gasteiger partial charge is 0.318 e. The van der Waals surface area contributed by atoms with Gasteiger partial charge in [0.25, 0.3) is 18.0 Å². The second-order valence-electron chi connectivity index (χ2n) is 39.6. The second-order valence-corrected chi connectivity index (χ2v) is 39.6. The third-order valence-corrected chi connectivity index (χ3v) is 29.7. The van der Waals surface area contributed by atoms with Gasteiger partial charge in [-0.25, -0.2) is 0 Å². The Morgan fingerprint density at radius 3 is 1.73 bits per heavy atom. The van der Waals surface area contributed by atoms with Crippen LogP contribution in [0.4, 0.5) is 0 Å². The number of hydrogen-bond donors (Lipinski definition) is 30. The van der Waals surface area contributed by atoms with Crippen molar-refractivity contribution in [2.24, 2.45) is 50.2 Å². The van der Waals surface area contributed by atoms with Gasteiger partial charge >= 0.3 is 11.9 Å². The maximum absolute atomic E-state index is 16.8. The largest absolute Gasteiger partial charge is 0.506 e. The molecule has 0 aromatic carbocycles. The summed E-state index contributed by atoms with van der Waals surface area (Å²) in [4.78, 5) is 58.3. The number of aliphatic hydroxyl groups is 29. The van der Waals surface area contributed by atoms with Crippen molar-refractivity contribution >= 4 is 24.1 Å². The lowest BCUT2D eigenvalue weighted by Gasteiger charge is -2.71. The van der Waals surface area contributed by atoms with Crippen LogP contribution in [-0.2, 0) is 85.5 Å². The van der Waals surface area contributed by atoms with Gasteiger partial charge in [0, 0.05) is 33.0 Å². The number of ether oxygens (including phenoxy) is 14. The van der Waals surface area contributed by atoms with Gasteiger partial charge in [0.2, 0.25) is 30.4 Å². The summed E-state index contributed by atoms with van der Waals surface area (Å²) in [6.45, 7) is 15.0. The van der Waals surface area contributed by atoms with Gasteiger partial charge in [-0.15, -0.1) is 0 Å². The molecule has 0 aromatic rings. The van der Waals surface area contributed by atoms with Gasteiger partial charge in [0.15, 0.2) is 77.5 Å². The van der Waals surface area contributed by atoms with Crippen LogP contribution in [0.25, 0.3) is 0 Å². The van der Waals surface area contributed by atoms with Crippen molar-refractivity contribution in [2.75, 3.05) is 39.6 Å². The quantitative estimate of drug-likeness (QED) is 0.00910. The normalized spacial score (nSPS) is 40.4. The van der Waals surface area contributed by atoms with Crippen molar-refractivity contribution < 1.29 is 234 Å². The highest BCUT2D eigenvalue weighted by molar-refractivity contribution is 5.82. The molecule has 9 aliphatic rings. The predicted molar refractivity (Wildman–Crippen MR) is 454 cm³/mol. The van der Waals surface area contributed by atoms with Crippen molar-refractivity contribution in [3.05, 3.63) is 57.7 Å². The minimum absolute atomic E-state index is 0.0958. The molecule has 136 heavy (non-hydrogen) atoms. The van der Waals surface area contributed by atoms with Gasteiger partial charge in [-0.3, -0.25) is 14.4 Å². The summed E-state index contributed by atoms with van der Waals surface area (Å²) >= 11 is 0. The Morgan fingerprint density at radius 2 is 1.16 bits per heavy atom. The van der Waals surface area contributed by atoms with Crippen LogP contribution in [0.2, 0.25) is 0 Å². The lowest BCUT2D eigenvalue weighted by molar-refractivity contribution is -0.421. The fourth-order valence-electron chi connectivity index (χ4n) is 21.5. The fourth-order valence-corrected chi connectivity index (χ4v) is 21.5. The summed E-state index contributed by atoms with van der Waals surface area (Å²) in [6.07, 6.45) is -62.9.